The Kier molecular flexibility index (Phi) is 4.83. The number of nitrogens with zero attached hydrogens (tertiary/aromatic N) is 5. The van der Waals surface area contributed by atoms with Gasteiger partial charge in [-0.1, -0.05) is 12.1 Å². The van der Waals surface area contributed by atoms with Crippen molar-refractivity contribution in [3.8, 4) is 5.82 Å². The van der Waals surface area contributed by atoms with E-state index in [4.69, 9.17) is 0 Å². The molecule has 0 spiro atoms. The third kappa shape index (κ3) is 3.64. The zero-order valence-electron chi connectivity index (χ0n) is 14.5. The van der Waals surface area contributed by atoms with Gasteiger partial charge in [-0.05, 0) is 24.6 Å². The van der Waals surface area contributed by atoms with Crippen LogP contribution in [0.5, 0.6) is 0 Å². The number of aryl methyl sites for hydroxylation is 1. The first kappa shape index (κ1) is 17.4. The summed E-state index contributed by atoms with van der Waals surface area (Å²) in [6, 6.07) is 10.4. The summed E-state index contributed by atoms with van der Waals surface area (Å²) < 4.78 is 3.21. The average Bonchev–Trinajstić information content (AvgIpc) is 3.04. The Morgan fingerprint density at radius 2 is 2.00 bits per heavy atom. The lowest BCUT2D eigenvalue weighted by atomic mass is 10.1. The zero-order chi connectivity index (χ0) is 18.7. The molecule has 3 aromatic rings. The van der Waals surface area contributed by atoms with Crippen molar-refractivity contribution in [2.24, 2.45) is 7.05 Å². The molecule has 1 aromatic carbocycles. The molecule has 0 fully saturated rings. The molecular weight excluding hydrogens is 334 g/mol. The van der Waals surface area contributed by atoms with Crippen LogP contribution in [0.1, 0.15) is 18.2 Å². The van der Waals surface area contributed by atoms with Gasteiger partial charge in [-0.3, -0.25) is 14.4 Å². The SMILES string of the molecule is CCN(C(=O)O)c1cccc(Cc2nn(-c3ccn(C)n3)ccc2=O)c1. The lowest BCUT2D eigenvalue weighted by Gasteiger charge is -2.17. The van der Waals surface area contributed by atoms with Gasteiger partial charge < -0.3 is 5.11 Å². The van der Waals surface area contributed by atoms with E-state index in [1.54, 1.807) is 60.0 Å². The highest BCUT2D eigenvalue weighted by Crippen LogP contribution is 2.17. The maximum Gasteiger partial charge on any atom is 0.411 e. The van der Waals surface area contributed by atoms with Crippen LogP contribution in [0.25, 0.3) is 5.82 Å². The molecule has 0 atom stereocenters. The third-order valence-corrected chi connectivity index (χ3v) is 3.96. The molecule has 2 aromatic heterocycles. The fraction of sp³-hybridized carbons (Fsp3) is 0.222. The lowest BCUT2D eigenvalue weighted by molar-refractivity contribution is 0.202. The summed E-state index contributed by atoms with van der Waals surface area (Å²) in [6.07, 6.45) is 2.66. The minimum Gasteiger partial charge on any atom is -0.465 e. The largest absolute Gasteiger partial charge is 0.465 e. The molecule has 2 heterocycles. The van der Waals surface area contributed by atoms with E-state index in [9.17, 15) is 14.7 Å². The van der Waals surface area contributed by atoms with Crippen molar-refractivity contribution in [1.29, 1.82) is 0 Å². The molecule has 1 amide bonds. The molecule has 3 rings (SSSR count). The van der Waals surface area contributed by atoms with Crippen molar-refractivity contribution in [3.05, 3.63) is 70.3 Å². The number of anilines is 1. The van der Waals surface area contributed by atoms with Crippen LogP contribution in [-0.4, -0.2) is 37.3 Å². The van der Waals surface area contributed by atoms with E-state index in [2.05, 4.69) is 10.2 Å². The predicted octanol–water partition coefficient (Wildman–Crippen LogP) is 2.06. The molecule has 1 N–H and O–H groups in total. The first-order valence-corrected chi connectivity index (χ1v) is 8.16. The molecule has 134 valence electrons. The van der Waals surface area contributed by atoms with Crippen molar-refractivity contribution in [3.63, 3.8) is 0 Å². The van der Waals surface area contributed by atoms with Crippen LogP contribution in [0.15, 0.2) is 53.6 Å². The van der Waals surface area contributed by atoms with Crippen LogP contribution in [0.2, 0.25) is 0 Å². The first-order chi connectivity index (χ1) is 12.5. The Labute approximate surface area is 149 Å². The topological polar surface area (TPSA) is 93.2 Å². The lowest BCUT2D eigenvalue weighted by Crippen LogP contribution is -2.28. The minimum atomic E-state index is -1.01. The second-order valence-electron chi connectivity index (χ2n) is 5.79. The molecule has 0 aliphatic carbocycles. The van der Waals surface area contributed by atoms with Crippen LogP contribution in [0.3, 0.4) is 0 Å². The Morgan fingerprint density at radius 1 is 1.19 bits per heavy atom. The molecule has 26 heavy (non-hydrogen) atoms. The second kappa shape index (κ2) is 7.22. The summed E-state index contributed by atoms with van der Waals surface area (Å²) in [6.45, 7) is 2.11. The van der Waals surface area contributed by atoms with Crippen LogP contribution < -0.4 is 10.3 Å². The molecule has 8 heteroatoms. The maximum atomic E-state index is 12.2. The summed E-state index contributed by atoms with van der Waals surface area (Å²) in [5.74, 6) is 0.616. The second-order valence-corrected chi connectivity index (χ2v) is 5.79. The number of carbonyl (C=O) groups is 1. The fourth-order valence-corrected chi connectivity index (χ4v) is 2.68. The number of hydrogen-bond donors (Lipinski definition) is 1. The Hall–Kier alpha value is -3.42. The molecule has 0 saturated carbocycles. The van der Waals surface area contributed by atoms with Gasteiger partial charge in [0, 0.05) is 50.2 Å². The number of hydrogen-bond acceptors (Lipinski definition) is 4. The van der Waals surface area contributed by atoms with Gasteiger partial charge in [-0.15, -0.1) is 0 Å². The minimum absolute atomic E-state index is 0.173. The Balaban J connectivity index is 1.92. The Bertz CT molecular complexity index is 992. The highest BCUT2D eigenvalue weighted by molar-refractivity contribution is 5.85. The van der Waals surface area contributed by atoms with Gasteiger partial charge in [0.05, 0.1) is 0 Å². The zero-order valence-corrected chi connectivity index (χ0v) is 14.5. The third-order valence-electron chi connectivity index (χ3n) is 3.96. The van der Waals surface area contributed by atoms with E-state index in [0.29, 0.717) is 30.2 Å². The molecule has 8 nitrogen and oxygen atoms in total. The van der Waals surface area contributed by atoms with Gasteiger partial charge in [0.25, 0.3) is 0 Å². The standard InChI is InChI=1S/C18H19N5O3/c1-3-22(18(25)26)14-6-4-5-13(11-14)12-15-16(24)7-10-23(19-15)17-8-9-21(2)20-17/h4-11H,3,12H2,1-2H3,(H,25,26). The number of rotatable bonds is 5. The fourth-order valence-electron chi connectivity index (χ4n) is 2.68. The Morgan fingerprint density at radius 3 is 2.65 bits per heavy atom. The highest BCUT2D eigenvalue weighted by atomic mass is 16.4. The van der Waals surface area contributed by atoms with Gasteiger partial charge in [-0.2, -0.15) is 10.2 Å². The molecule has 0 aliphatic heterocycles. The maximum absolute atomic E-state index is 12.2. The van der Waals surface area contributed by atoms with Crippen molar-refractivity contribution < 1.29 is 9.90 Å². The molecule has 0 unspecified atom stereocenters. The summed E-state index contributed by atoms with van der Waals surface area (Å²) in [7, 11) is 1.81. The summed E-state index contributed by atoms with van der Waals surface area (Å²) in [4.78, 5) is 24.7. The van der Waals surface area contributed by atoms with Gasteiger partial charge in [0.1, 0.15) is 5.69 Å². The van der Waals surface area contributed by atoms with Crippen LogP contribution in [-0.2, 0) is 13.5 Å². The number of benzene rings is 1. The van der Waals surface area contributed by atoms with Crippen molar-refractivity contribution in [1.82, 2.24) is 19.6 Å². The first-order valence-electron chi connectivity index (χ1n) is 8.16. The van der Waals surface area contributed by atoms with E-state index < -0.39 is 6.09 Å². The van der Waals surface area contributed by atoms with Gasteiger partial charge in [-0.25, -0.2) is 9.48 Å². The average molecular weight is 353 g/mol. The quantitative estimate of drug-likeness (QED) is 0.758. The number of carboxylic acid groups (broad SMARTS) is 1. The smallest absolute Gasteiger partial charge is 0.411 e. The van der Waals surface area contributed by atoms with Gasteiger partial charge in [0.15, 0.2) is 5.82 Å². The molecule has 0 radical (unpaired) electrons. The van der Waals surface area contributed by atoms with Crippen LogP contribution in [0, 0.1) is 0 Å². The van der Waals surface area contributed by atoms with Gasteiger partial charge >= 0.3 is 6.09 Å². The van der Waals surface area contributed by atoms with Crippen LogP contribution >= 0.6 is 0 Å². The normalized spacial score (nSPS) is 10.7. The molecule has 0 saturated heterocycles. The van der Waals surface area contributed by atoms with E-state index in [0.717, 1.165) is 5.56 Å². The molecular formula is C18H19N5O3. The summed E-state index contributed by atoms with van der Waals surface area (Å²) in [5.41, 5.74) is 1.57. The highest BCUT2D eigenvalue weighted by Gasteiger charge is 2.13. The molecule has 0 aliphatic rings. The van der Waals surface area contributed by atoms with Gasteiger partial charge in [0.2, 0.25) is 5.43 Å². The van der Waals surface area contributed by atoms with E-state index in [1.807, 2.05) is 6.07 Å². The summed E-state index contributed by atoms with van der Waals surface area (Å²) >= 11 is 0. The van der Waals surface area contributed by atoms with Crippen LogP contribution in [0.4, 0.5) is 10.5 Å². The molecule has 0 bridgehead atoms. The number of aromatic nitrogens is 4. The van der Waals surface area contributed by atoms with E-state index >= 15 is 0 Å². The van der Waals surface area contributed by atoms with E-state index in [-0.39, 0.29) is 5.43 Å². The number of amides is 1. The van der Waals surface area contributed by atoms with Crippen molar-refractivity contribution >= 4 is 11.8 Å². The monoisotopic (exact) mass is 353 g/mol. The van der Waals surface area contributed by atoms with E-state index in [1.165, 1.54) is 11.0 Å². The summed E-state index contributed by atoms with van der Waals surface area (Å²) in [5, 5.41) is 17.9. The predicted molar refractivity (Wildman–Crippen MR) is 96.9 cm³/mol. The van der Waals surface area contributed by atoms with Crippen molar-refractivity contribution in [2.45, 2.75) is 13.3 Å². The van der Waals surface area contributed by atoms with Crippen molar-refractivity contribution in [2.75, 3.05) is 11.4 Å².